The number of nitrogens with one attached hydrogen (secondary N) is 3. The zero-order chi connectivity index (χ0) is 24.5. The standard InChI is InChI=1S/C27H35N5O3/c1-16-10-12-35-24(16)20-14-28-25(23-19(20)13-17(2)26(33)31-23)30-22-9-11-32(3)15-21(22)27(34)29-18-7-5-4-6-8-18/h10,12-14,18,21-22H,4-9,11,15H2,1-3H3,(H,28,30)(H,29,34)(H,31,33)/t21-,22-/m1/s1. The fourth-order valence-electron chi connectivity index (χ4n) is 5.52. The van der Waals surface area contributed by atoms with Crippen molar-refractivity contribution >= 4 is 22.6 Å². The van der Waals surface area contributed by atoms with Crippen molar-refractivity contribution in [2.75, 3.05) is 25.5 Å². The van der Waals surface area contributed by atoms with Gasteiger partial charge < -0.3 is 24.9 Å². The molecule has 1 aliphatic carbocycles. The third-order valence-electron chi connectivity index (χ3n) is 7.61. The molecular weight excluding hydrogens is 442 g/mol. The number of anilines is 1. The average Bonchev–Trinajstić information content (AvgIpc) is 3.27. The van der Waals surface area contributed by atoms with Gasteiger partial charge in [0.1, 0.15) is 5.76 Å². The SMILES string of the molecule is Cc1ccoc1-c1cnc(N[C@@H]2CCN(C)C[C@H]2C(=O)NC2CCCCC2)c2[nH]c(=O)c(C)cc12. The smallest absolute Gasteiger partial charge is 0.251 e. The number of nitrogens with zero attached hydrogens (tertiary/aromatic N) is 2. The van der Waals surface area contributed by atoms with Gasteiger partial charge >= 0.3 is 0 Å². The van der Waals surface area contributed by atoms with Crippen LogP contribution in [0.3, 0.4) is 0 Å². The number of fused-ring (bicyclic) bond motifs is 1. The normalized spacial score (nSPS) is 21.8. The molecule has 3 aromatic rings. The molecule has 3 N–H and O–H groups in total. The molecule has 0 bridgehead atoms. The molecule has 2 atom stereocenters. The summed E-state index contributed by atoms with van der Waals surface area (Å²) in [6, 6.07) is 4.00. The van der Waals surface area contributed by atoms with E-state index in [1.807, 2.05) is 19.1 Å². The van der Waals surface area contributed by atoms with Crippen LogP contribution < -0.4 is 16.2 Å². The van der Waals surface area contributed by atoms with Gasteiger partial charge in [0.15, 0.2) is 5.82 Å². The number of rotatable bonds is 5. The lowest BCUT2D eigenvalue weighted by molar-refractivity contribution is -0.127. The molecule has 4 heterocycles. The Morgan fingerprint density at radius 2 is 1.97 bits per heavy atom. The van der Waals surface area contributed by atoms with Gasteiger partial charge in [0.25, 0.3) is 5.56 Å². The Labute approximate surface area is 205 Å². The fraction of sp³-hybridized carbons (Fsp3) is 0.519. The molecule has 2 fully saturated rings. The maximum absolute atomic E-state index is 13.4. The van der Waals surface area contributed by atoms with Crippen molar-refractivity contribution < 1.29 is 9.21 Å². The van der Waals surface area contributed by atoms with Gasteiger partial charge in [-0.1, -0.05) is 19.3 Å². The first-order chi connectivity index (χ1) is 16.9. The van der Waals surface area contributed by atoms with Gasteiger partial charge in [0.05, 0.1) is 17.7 Å². The Hall–Kier alpha value is -3.13. The van der Waals surface area contributed by atoms with Gasteiger partial charge in [0, 0.05) is 41.3 Å². The van der Waals surface area contributed by atoms with Crippen molar-refractivity contribution in [3.8, 4) is 11.3 Å². The maximum Gasteiger partial charge on any atom is 0.251 e. The zero-order valence-electron chi connectivity index (χ0n) is 20.8. The molecule has 1 saturated heterocycles. The van der Waals surface area contributed by atoms with E-state index in [4.69, 9.17) is 9.40 Å². The quantitative estimate of drug-likeness (QED) is 0.514. The molecule has 3 aromatic heterocycles. The third-order valence-corrected chi connectivity index (χ3v) is 7.61. The van der Waals surface area contributed by atoms with Crippen LogP contribution in [-0.2, 0) is 4.79 Å². The molecule has 2 aliphatic rings. The van der Waals surface area contributed by atoms with Crippen molar-refractivity contribution in [1.82, 2.24) is 20.2 Å². The highest BCUT2D eigenvalue weighted by molar-refractivity contribution is 5.99. The van der Waals surface area contributed by atoms with Crippen molar-refractivity contribution in [2.24, 2.45) is 5.92 Å². The lowest BCUT2D eigenvalue weighted by Crippen LogP contribution is -2.53. The number of aromatic nitrogens is 2. The summed E-state index contributed by atoms with van der Waals surface area (Å²) in [6.45, 7) is 5.37. The summed E-state index contributed by atoms with van der Waals surface area (Å²) in [5, 5.41) is 7.73. The van der Waals surface area contributed by atoms with Crippen LogP contribution in [-0.4, -0.2) is 53.0 Å². The van der Waals surface area contributed by atoms with Gasteiger partial charge in [-0.15, -0.1) is 0 Å². The highest BCUT2D eigenvalue weighted by Crippen LogP contribution is 2.34. The first kappa shape index (κ1) is 23.6. The fourth-order valence-corrected chi connectivity index (χ4v) is 5.52. The molecule has 1 saturated carbocycles. The van der Waals surface area contributed by atoms with Crippen LogP contribution in [0, 0.1) is 19.8 Å². The number of carbonyl (C=O) groups excluding carboxylic acids is 1. The Balaban J connectivity index is 1.47. The monoisotopic (exact) mass is 477 g/mol. The number of piperidine rings is 1. The number of hydrogen-bond acceptors (Lipinski definition) is 6. The van der Waals surface area contributed by atoms with Crippen LogP contribution in [0.15, 0.2) is 33.8 Å². The summed E-state index contributed by atoms with van der Waals surface area (Å²) in [5.74, 6) is 1.24. The largest absolute Gasteiger partial charge is 0.464 e. The highest BCUT2D eigenvalue weighted by atomic mass is 16.3. The average molecular weight is 478 g/mol. The van der Waals surface area contributed by atoms with E-state index in [-0.39, 0.29) is 29.5 Å². The van der Waals surface area contributed by atoms with E-state index in [0.717, 1.165) is 48.1 Å². The van der Waals surface area contributed by atoms with E-state index in [2.05, 4.69) is 27.6 Å². The number of aromatic amines is 1. The minimum Gasteiger partial charge on any atom is -0.464 e. The number of carbonyl (C=O) groups is 1. The van der Waals surface area contributed by atoms with Crippen molar-refractivity contribution in [2.45, 2.75) is 64.5 Å². The Bertz CT molecular complexity index is 1270. The van der Waals surface area contributed by atoms with Crippen LogP contribution >= 0.6 is 0 Å². The van der Waals surface area contributed by atoms with Crippen LogP contribution in [0.5, 0.6) is 0 Å². The summed E-state index contributed by atoms with van der Waals surface area (Å²) < 4.78 is 5.74. The molecule has 0 aromatic carbocycles. The van der Waals surface area contributed by atoms with E-state index >= 15 is 0 Å². The topological polar surface area (TPSA) is 103 Å². The lowest BCUT2D eigenvalue weighted by Gasteiger charge is -2.37. The molecule has 8 nitrogen and oxygen atoms in total. The van der Waals surface area contributed by atoms with Gasteiger partial charge in [-0.3, -0.25) is 9.59 Å². The van der Waals surface area contributed by atoms with E-state index in [1.165, 1.54) is 19.3 Å². The first-order valence-electron chi connectivity index (χ1n) is 12.7. The van der Waals surface area contributed by atoms with Crippen LogP contribution in [0.4, 0.5) is 5.82 Å². The number of furan rings is 1. The van der Waals surface area contributed by atoms with Crippen LogP contribution in [0.1, 0.15) is 49.7 Å². The zero-order valence-corrected chi connectivity index (χ0v) is 20.8. The third kappa shape index (κ3) is 4.85. The Kier molecular flexibility index (Phi) is 6.65. The molecule has 35 heavy (non-hydrogen) atoms. The van der Waals surface area contributed by atoms with Gasteiger partial charge in [-0.25, -0.2) is 4.98 Å². The molecule has 8 heteroatoms. The number of aryl methyl sites for hydroxylation is 2. The summed E-state index contributed by atoms with van der Waals surface area (Å²) in [4.78, 5) is 35.9. The molecule has 1 aliphatic heterocycles. The van der Waals surface area contributed by atoms with E-state index in [1.54, 1.807) is 19.4 Å². The summed E-state index contributed by atoms with van der Waals surface area (Å²) in [7, 11) is 2.06. The second-order valence-corrected chi connectivity index (χ2v) is 10.3. The molecule has 0 spiro atoms. The first-order valence-corrected chi connectivity index (χ1v) is 12.7. The van der Waals surface area contributed by atoms with Crippen molar-refractivity contribution in [3.05, 3.63) is 46.1 Å². The van der Waals surface area contributed by atoms with Crippen molar-refractivity contribution in [3.63, 3.8) is 0 Å². The molecule has 0 unspecified atom stereocenters. The summed E-state index contributed by atoms with van der Waals surface area (Å²) in [6.07, 6.45) is 10.0. The number of hydrogen-bond donors (Lipinski definition) is 3. The Morgan fingerprint density at radius 1 is 1.17 bits per heavy atom. The molecule has 5 rings (SSSR count). The lowest BCUT2D eigenvalue weighted by atomic mass is 9.89. The maximum atomic E-state index is 13.4. The van der Waals surface area contributed by atoms with Crippen LogP contribution in [0.2, 0.25) is 0 Å². The van der Waals surface area contributed by atoms with Crippen molar-refractivity contribution in [1.29, 1.82) is 0 Å². The summed E-state index contributed by atoms with van der Waals surface area (Å²) in [5.41, 5.74) is 2.96. The van der Waals surface area contributed by atoms with Gasteiger partial charge in [0.2, 0.25) is 5.91 Å². The molecular formula is C27H35N5O3. The second kappa shape index (κ2) is 9.85. The molecule has 1 amide bonds. The minimum absolute atomic E-state index is 0.0773. The number of pyridine rings is 2. The predicted molar refractivity (Wildman–Crippen MR) is 138 cm³/mol. The van der Waals surface area contributed by atoms with Gasteiger partial charge in [-0.2, -0.15) is 0 Å². The number of H-pyrrole nitrogens is 1. The minimum atomic E-state index is -0.198. The molecule has 0 radical (unpaired) electrons. The predicted octanol–water partition coefficient (Wildman–Crippen LogP) is 3.98. The Morgan fingerprint density at radius 3 is 2.71 bits per heavy atom. The summed E-state index contributed by atoms with van der Waals surface area (Å²) >= 11 is 0. The van der Waals surface area contributed by atoms with Crippen LogP contribution in [0.25, 0.3) is 22.2 Å². The van der Waals surface area contributed by atoms with E-state index < -0.39 is 0 Å². The van der Waals surface area contributed by atoms with Gasteiger partial charge in [-0.05, 0) is 64.4 Å². The molecule has 186 valence electrons. The number of likely N-dealkylation sites (tertiary alicyclic amines) is 1. The second-order valence-electron chi connectivity index (χ2n) is 10.3. The van der Waals surface area contributed by atoms with E-state index in [0.29, 0.717) is 23.4 Å². The van der Waals surface area contributed by atoms with E-state index in [9.17, 15) is 9.59 Å². The highest BCUT2D eigenvalue weighted by Gasteiger charge is 2.35. The number of amides is 1.